The monoisotopic (exact) mass is 975 g/mol. The average molecular weight is 975 g/mol. The summed E-state index contributed by atoms with van der Waals surface area (Å²) in [5.74, 6) is 1.11. The van der Waals surface area contributed by atoms with Gasteiger partial charge in [0, 0.05) is 31.3 Å². The highest BCUT2D eigenvalue weighted by atomic mass is 31.2. The molecule has 0 saturated heterocycles. The van der Waals surface area contributed by atoms with E-state index < -0.39 is 45.7 Å². The van der Waals surface area contributed by atoms with Crippen molar-refractivity contribution in [3.63, 3.8) is 0 Å². The number of hydrogen-bond donors (Lipinski definition) is 0. The molecule has 0 aromatic heterocycles. The minimum atomic E-state index is -4.33. The molecular formula is C56H80O10P2. The van der Waals surface area contributed by atoms with Crippen LogP contribution < -0.4 is 13.8 Å². The van der Waals surface area contributed by atoms with Crippen LogP contribution in [0.25, 0.3) is 0 Å². The van der Waals surface area contributed by atoms with Crippen molar-refractivity contribution in [3.05, 3.63) is 110 Å². The SMILES string of the molecule is CC(C)OP(=O)(Oc1c2cc(C(C)(C)C)cc1Cc1cc(C(C)(C)C)cc(c1OP(=O)(OC(C)C)OC(C)C)Cc1cc(C(C)(C)C)cc3c1OC1(C=C(C(C)(C)C)C=C(C2)C1=O)C3)OC(C)C. The van der Waals surface area contributed by atoms with E-state index in [0.29, 0.717) is 46.6 Å². The zero-order chi connectivity index (χ0) is 50.9. The fourth-order valence-corrected chi connectivity index (χ4v) is 12.1. The van der Waals surface area contributed by atoms with Crippen LogP contribution in [0.15, 0.2) is 59.7 Å². The first-order valence-electron chi connectivity index (χ1n) is 24.5. The van der Waals surface area contributed by atoms with Gasteiger partial charge in [-0.1, -0.05) is 126 Å². The highest BCUT2D eigenvalue weighted by molar-refractivity contribution is 7.49. The molecule has 68 heavy (non-hydrogen) atoms. The molecule has 3 aliphatic rings. The Bertz CT molecular complexity index is 2560. The minimum Gasteiger partial charge on any atom is -0.474 e. The molecule has 7 bridgehead atoms. The van der Waals surface area contributed by atoms with Crippen LogP contribution in [-0.4, -0.2) is 35.8 Å². The maximum atomic E-state index is 15.6. The van der Waals surface area contributed by atoms with Crippen LogP contribution in [0.2, 0.25) is 0 Å². The fourth-order valence-electron chi connectivity index (χ4n) is 8.88. The molecule has 374 valence electrons. The summed E-state index contributed by atoms with van der Waals surface area (Å²) in [6.07, 6.45) is 2.89. The van der Waals surface area contributed by atoms with Crippen LogP contribution in [0.5, 0.6) is 17.2 Å². The van der Waals surface area contributed by atoms with Crippen LogP contribution in [0.3, 0.4) is 0 Å². The molecule has 3 aromatic carbocycles. The number of ether oxygens (including phenoxy) is 1. The van der Waals surface area contributed by atoms with Crippen LogP contribution in [0.4, 0.5) is 0 Å². The van der Waals surface area contributed by atoms with Gasteiger partial charge < -0.3 is 13.8 Å². The number of fused-ring (bicyclic) bond motifs is 5. The number of carbonyl (C=O) groups is 1. The number of phosphoric ester groups is 2. The highest BCUT2D eigenvalue weighted by Crippen LogP contribution is 2.57. The summed E-state index contributed by atoms with van der Waals surface area (Å²) in [6.45, 7) is 40.2. The van der Waals surface area contributed by atoms with E-state index in [0.717, 1.165) is 39.0 Å². The van der Waals surface area contributed by atoms with Gasteiger partial charge in [0.05, 0.1) is 24.4 Å². The summed E-state index contributed by atoms with van der Waals surface area (Å²) in [6, 6.07) is 12.7. The molecule has 6 rings (SSSR count). The Morgan fingerprint density at radius 1 is 0.500 bits per heavy atom. The standard InChI is InChI=1S/C56H80O10P2/c1-33(2)61-67(58,62-34(3)4)65-49-38-21-37-24-46(54(15,16)17)30-43-31-56(60-48(37)43)32-47(55(18,19)20)29-42(51(56)57)23-41-28-45(53(12,13)14)27-40(22-39(49)26-44(25-38)52(9,10)11)50(41)66-68(59,63-35(5)6)64-36(7)8/h24-30,32-36H,21-23,31H2,1-20H3. The van der Waals surface area contributed by atoms with Crippen molar-refractivity contribution >= 4 is 21.4 Å². The molecule has 0 N–H and O–H groups in total. The minimum absolute atomic E-state index is 0.125. The molecule has 0 radical (unpaired) electrons. The van der Waals surface area contributed by atoms with E-state index in [9.17, 15) is 0 Å². The molecular weight excluding hydrogens is 895 g/mol. The number of hydrogen-bond acceptors (Lipinski definition) is 10. The topological polar surface area (TPSA) is 116 Å². The number of carbonyl (C=O) groups excluding carboxylic acids is 1. The predicted octanol–water partition coefficient (Wildman–Crippen LogP) is 15.1. The molecule has 1 atom stereocenters. The van der Waals surface area contributed by atoms with Gasteiger partial charge >= 0.3 is 15.6 Å². The van der Waals surface area contributed by atoms with Crippen molar-refractivity contribution < 1.29 is 45.8 Å². The first-order valence-corrected chi connectivity index (χ1v) is 27.4. The summed E-state index contributed by atoms with van der Waals surface area (Å²) >= 11 is 0. The summed E-state index contributed by atoms with van der Waals surface area (Å²) in [4.78, 5) is 15.6. The summed E-state index contributed by atoms with van der Waals surface area (Å²) < 4.78 is 75.5. The molecule has 1 unspecified atom stereocenters. The molecule has 1 aliphatic carbocycles. The number of ketones is 1. The first kappa shape index (κ1) is 53.9. The van der Waals surface area contributed by atoms with Gasteiger partial charge in [0.25, 0.3) is 0 Å². The van der Waals surface area contributed by atoms with Crippen molar-refractivity contribution in [1.29, 1.82) is 0 Å². The van der Waals surface area contributed by atoms with Gasteiger partial charge in [-0.15, -0.1) is 0 Å². The molecule has 3 aromatic rings. The Labute approximate surface area is 408 Å². The Morgan fingerprint density at radius 3 is 1.19 bits per heavy atom. The Hall–Kier alpha value is -3.49. The maximum Gasteiger partial charge on any atom is 0.530 e. The van der Waals surface area contributed by atoms with Crippen molar-refractivity contribution in [2.24, 2.45) is 5.41 Å². The van der Waals surface area contributed by atoms with Gasteiger partial charge in [-0.05, 0) is 139 Å². The second-order valence-corrected chi connectivity index (χ2v) is 27.4. The maximum absolute atomic E-state index is 15.6. The smallest absolute Gasteiger partial charge is 0.474 e. The Kier molecular flexibility index (Phi) is 15.0. The second kappa shape index (κ2) is 18.9. The van der Waals surface area contributed by atoms with Gasteiger partial charge in [0.15, 0.2) is 5.60 Å². The fraction of sp³-hybridized carbons (Fsp3) is 0.589. The third kappa shape index (κ3) is 12.2. The summed E-state index contributed by atoms with van der Waals surface area (Å²) in [7, 11) is -8.64. The molecule has 0 amide bonds. The Morgan fingerprint density at radius 2 is 0.838 bits per heavy atom. The number of benzene rings is 3. The lowest BCUT2D eigenvalue weighted by Gasteiger charge is -2.34. The Balaban J connectivity index is 1.82. The number of allylic oxidation sites excluding steroid dienone is 2. The van der Waals surface area contributed by atoms with Gasteiger partial charge in [-0.2, -0.15) is 0 Å². The van der Waals surface area contributed by atoms with Crippen LogP contribution in [-0.2, 0) is 73.9 Å². The zero-order valence-electron chi connectivity index (χ0n) is 44.7. The third-order valence-electron chi connectivity index (χ3n) is 12.2. The molecule has 10 nitrogen and oxygen atoms in total. The van der Waals surface area contributed by atoms with E-state index in [2.05, 4.69) is 119 Å². The summed E-state index contributed by atoms with van der Waals surface area (Å²) in [5.41, 5.74) is 6.36. The lowest BCUT2D eigenvalue weighted by molar-refractivity contribution is -0.126. The lowest BCUT2D eigenvalue weighted by atomic mass is 9.73. The van der Waals surface area contributed by atoms with Crippen molar-refractivity contribution in [2.45, 2.75) is 210 Å². The summed E-state index contributed by atoms with van der Waals surface area (Å²) in [5, 5.41) is 0. The van der Waals surface area contributed by atoms with Crippen molar-refractivity contribution in [2.75, 3.05) is 0 Å². The molecule has 0 fully saturated rings. The highest BCUT2D eigenvalue weighted by Gasteiger charge is 2.50. The molecule has 2 heterocycles. The van der Waals surface area contributed by atoms with E-state index in [1.165, 1.54) is 0 Å². The molecule has 12 heteroatoms. The van der Waals surface area contributed by atoms with E-state index in [1.54, 1.807) is 55.4 Å². The van der Waals surface area contributed by atoms with Crippen molar-refractivity contribution in [1.82, 2.24) is 0 Å². The average Bonchev–Trinajstić information content (AvgIpc) is 3.51. The van der Waals surface area contributed by atoms with Gasteiger partial charge in [0.2, 0.25) is 5.78 Å². The normalized spacial score (nSPS) is 18.1. The van der Waals surface area contributed by atoms with E-state index in [4.69, 9.17) is 31.9 Å². The number of phosphoric acid groups is 2. The molecule has 1 spiro atoms. The van der Waals surface area contributed by atoms with Crippen LogP contribution in [0, 0.1) is 5.41 Å². The number of Topliss-reactive ketones (excluding diaryl/α,β-unsaturated/α-hetero) is 1. The van der Waals surface area contributed by atoms with Gasteiger partial charge in [0.1, 0.15) is 17.2 Å². The van der Waals surface area contributed by atoms with Crippen LogP contribution >= 0.6 is 15.6 Å². The van der Waals surface area contributed by atoms with E-state index in [-0.39, 0.29) is 46.0 Å². The van der Waals surface area contributed by atoms with Gasteiger partial charge in [-0.25, -0.2) is 9.13 Å². The quantitative estimate of drug-likeness (QED) is 0.162. The second-order valence-electron chi connectivity index (χ2n) is 24.4. The predicted molar refractivity (Wildman–Crippen MR) is 274 cm³/mol. The lowest BCUT2D eigenvalue weighted by Crippen LogP contribution is -2.45. The molecule has 2 aliphatic heterocycles. The first-order chi connectivity index (χ1) is 31.0. The zero-order valence-corrected chi connectivity index (χ0v) is 46.5. The largest absolute Gasteiger partial charge is 0.530 e. The number of rotatable bonds is 12. The van der Waals surface area contributed by atoms with E-state index in [1.807, 2.05) is 12.2 Å². The molecule has 0 saturated carbocycles. The third-order valence-corrected chi connectivity index (χ3v) is 15.8. The van der Waals surface area contributed by atoms with Crippen molar-refractivity contribution in [3.8, 4) is 17.2 Å². The van der Waals surface area contributed by atoms with Gasteiger partial charge in [-0.3, -0.25) is 22.9 Å². The van der Waals surface area contributed by atoms with E-state index >= 15 is 13.9 Å². The van der Waals surface area contributed by atoms with Crippen LogP contribution in [0.1, 0.15) is 189 Å².